The fourth-order valence-corrected chi connectivity index (χ4v) is 3.29. The molecule has 1 aliphatic heterocycles. The number of carbonyl (C=O) groups excluding carboxylic acids is 1. The number of aliphatic hydroxyl groups excluding tert-OH is 1. The number of carboxylic acids is 2. The van der Waals surface area contributed by atoms with Crippen molar-refractivity contribution in [3.05, 3.63) is 59.2 Å². The first-order chi connectivity index (χ1) is 15.2. The summed E-state index contributed by atoms with van der Waals surface area (Å²) in [7, 11) is 1.29. The van der Waals surface area contributed by atoms with Crippen LogP contribution in [0.2, 0.25) is 0 Å². The van der Waals surface area contributed by atoms with Crippen LogP contribution >= 0.6 is 0 Å². The van der Waals surface area contributed by atoms with Crippen molar-refractivity contribution in [1.29, 1.82) is 0 Å². The van der Waals surface area contributed by atoms with Gasteiger partial charge in [0.15, 0.2) is 11.5 Å². The first-order valence-electron chi connectivity index (χ1n) is 9.73. The lowest BCUT2D eigenvalue weighted by molar-refractivity contribution is -0.194. The Kier molecular flexibility index (Phi) is 6.66. The number of ether oxygens (including phenoxy) is 3. The number of benzene rings is 2. The van der Waals surface area contributed by atoms with E-state index in [1.165, 1.54) is 19.2 Å². The molecule has 10 nitrogen and oxygen atoms in total. The Bertz CT molecular complexity index is 1020. The molecule has 0 radical (unpaired) electrons. The van der Waals surface area contributed by atoms with E-state index in [1.807, 2.05) is 6.92 Å². The maximum Gasteiger partial charge on any atom is 0.453 e. The number of nitrogens with one attached hydrogen (secondary N) is 1. The molecule has 0 aromatic heterocycles. The summed E-state index contributed by atoms with van der Waals surface area (Å²) in [5.74, 6) is -6.75. The molecule has 0 spiro atoms. The minimum Gasteiger partial charge on any atom is -0.475 e. The van der Waals surface area contributed by atoms with Gasteiger partial charge in [-0.15, -0.1) is 0 Å². The molecule has 32 heavy (non-hydrogen) atoms. The highest BCUT2D eigenvalue weighted by Crippen LogP contribution is 2.40. The number of hydrogen-bond acceptors (Lipinski definition) is 8. The van der Waals surface area contributed by atoms with E-state index in [4.69, 9.17) is 9.47 Å². The molecule has 4 N–H and O–H groups in total. The monoisotopic (exact) mass is 445 g/mol. The van der Waals surface area contributed by atoms with Crippen LogP contribution in [-0.2, 0) is 20.7 Å². The van der Waals surface area contributed by atoms with E-state index in [2.05, 4.69) is 10.1 Å². The summed E-state index contributed by atoms with van der Waals surface area (Å²) in [6.07, 6.45) is -0.371. The summed E-state index contributed by atoms with van der Waals surface area (Å²) in [6.45, 7) is 2.11. The lowest BCUT2D eigenvalue weighted by atomic mass is 10.0. The van der Waals surface area contributed by atoms with Gasteiger partial charge >= 0.3 is 23.7 Å². The predicted octanol–water partition coefficient (Wildman–Crippen LogP) is 1.36. The topological polar surface area (TPSA) is 152 Å². The summed E-state index contributed by atoms with van der Waals surface area (Å²) >= 11 is 0. The van der Waals surface area contributed by atoms with E-state index in [0.29, 0.717) is 17.5 Å². The van der Waals surface area contributed by atoms with Crippen LogP contribution in [0, 0.1) is 0 Å². The molecule has 0 saturated carbocycles. The van der Waals surface area contributed by atoms with Crippen LogP contribution in [0.5, 0.6) is 11.5 Å². The van der Waals surface area contributed by atoms with Crippen LogP contribution in [0.1, 0.15) is 34.5 Å². The summed E-state index contributed by atoms with van der Waals surface area (Å²) in [5.41, 5.74) is 1.66. The van der Waals surface area contributed by atoms with E-state index in [-0.39, 0.29) is 24.1 Å². The van der Waals surface area contributed by atoms with E-state index in [1.54, 1.807) is 30.3 Å². The molecule has 2 atom stereocenters. The minimum absolute atomic E-state index is 0.0270. The maximum absolute atomic E-state index is 11.6. The standard InChI is InChI=1S/C22H23NO9/c1-12(23-11-16(24)14-4-3-5-15(10-14)19(25)30-2)8-13-6-7-17-18(9-13)32-22(31-17,20(26)27)21(28)29/h3-7,9-10,12,16,23-24H,8,11H2,1-2H3,(H,26,27)(H,28,29). The third-order valence-corrected chi connectivity index (χ3v) is 4.97. The molecule has 2 unspecified atom stereocenters. The smallest absolute Gasteiger partial charge is 0.453 e. The number of fused-ring (bicyclic) bond motifs is 1. The Labute approximate surface area is 183 Å². The molecule has 10 heteroatoms. The average molecular weight is 445 g/mol. The zero-order valence-corrected chi connectivity index (χ0v) is 17.4. The summed E-state index contributed by atoms with van der Waals surface area (Å²) < 4.78 is 14.8. The molecule has 0 aliphatic carbocycles. The van der Waals surface area contributed by atoms with Gasteiger partial charge in [-0.05, 0) is 48.7 Å². The Morgan fingerprint density at radius 1 is 1.06 bits per heavy atom. The van der Waals surface area contributed by atoms with Gasteiger partial charge < -0.3 is 34.8 Å². The van der Waals surface area contributed by atoms with Crippen molar-refractivity contribution < 1.29 is 43.9 Å². The summed E-state index contributed by atoms with van der Waals surface area (Å²) in [4.78, 5) is 34.3. The molecular formula is C22H23NO9. The van der Waals surface area contributed by atoms with Crippen molar-refractivity contribution in [1.82, 2.24) is 5.32 Å². The Hall–Kier alpha value is -3.63. The van der Waals surface area contributed by atoms with Crippen molar-refractivity contribution in [3.63, 3.8) is 0 Å². The molecule has 2 aromatic rings. The van der Waals surface area contributed by atoms with Crippen molar-refractivity contribution in [2.24, 2.45) is 0 Å². The van der Waals surface area contributed by atoms with E-state index >= 15 is 0 Å². The first-order valence-corrected chi connectivity index (χ1v) is 9.73. The normalized spacial score (nSPS) is 15.6. The van der Waals surface area contributed by atoms with Crippen LogP contribution in [0.3, 0.4) is 0 Å². The minimum atomic E-state index is -2.80. The molecule has 0 bridgehead atoms. The molecule has 0 saturated heterocycles. The van der Waals surface area contributed by atoms with Gasteiger partial charge in [-0.25, -0.2) is 14.4 Å². The Balaban J connectivity index is 1.60. The third-order valence-electron chi connectivity index (χ3n) is 4.97. The van der Waals surface area contributed by atoms with Crippen molar-refractivity contribution in [3.8, 4) is 11.5 Å². The van der Waals surface area contributed by atoms with Gasteiger partial charge in [-0.3, -0.25) is 0 Å². The van der Waals surface area contributed by atoms with Crippen LogP contribution < -0.4 is 14.8 Å². The second-order valence-electron chi connectivity index (χ2n) is 7.36. The van der Waals surface area contributed by atoms with Crippen molar-refractivity contribution in [2.75, 3.05) is 13.7 Å². The first kappa shape index (κ1) is 23.0. The average Bonchev–Trinajstić information content (AvgIpc) is 3.17. The van der Waals surface area contributed by atoms with Gasteiger partial charge in [0.2, 0.25) is 0 Å². The lowest BCUT2D eigenvalue weighted by Gasteiger charge is -2.18. The molecule has 1 aliphatic rings. The van der Waals surface area contributed by atoms with Gasteiger partial charge in [0.1, 0.15) is 0 Å². The predicted molar refractivity (Wildman–Crippen MR) is 110 cm³/mol. The van der Waals surface area contributed by atoms with Crippen molar-refractivity contribution >= 4 is 17.9 Å². The lowest BCUT2D eigenvalue weighted by Crippen LogP contribution is -2.54. The van der Waals surface area contributed by atoms with Crippen LogP contribution in [0.4, 0.5) is 0 Å². The number of esters is 1. The fraction of sp³-hybridized carbons (Fsp3) is 0.318. The Morgan fingerprint density at radius 3 is 2.41 bits per heavy atom. The second kappa shape index (κ2) is 9.25. The zero-order chi connectivity index (χ0) is 23.5. The molecule has 0 amide bonds. The maximum atomic E-state index is 11.6. The van der Waals surface area contributed by atoms with Crippen molar-refractivity contribution in [2.45, 2.75) is 31.3 Å². The number of aliphatic hydroxyl groups is 1. The van der Waals surface area contributed by atoms with Crippen LogP contribution in [0.25, 0.3) is 0 Å². The van der Waals surface area contributed by atoms with Gasteiger partial charge in [-0.2, -0.15) is 0 Å². The quantitative estimate of drug-likeness (QED) is 0.329. The van der Waals surface area contributed by atoms with Crippen LogP contribution in [0.15, 0.2) is 42.5 Å². The Morgan fingerprint density at radius 2 is 1.75 bits per heavy atom. The largest absolute Gasteiger partial charge is 0.475 e. The van der Waals surface area contributed by atoms with Gasteiger partial charge in [0, 0.05) is 12.6 Å². The zero-order valence-electron chi connectivity index (χ0n) is 17.4. The number of carboxylic acid groups (broad SMARTS) is 2. The highest BCUT2D eigenvalue weighted by Gasteiger charge is 2.57. The van der Waals surface area contributed by atoms with Gasteiger partial charge in [-0.1, -0.05) is 18.2 Å². The summed E-state index contributed by atoms with van der Waals surface area (Å²) in [5, 5.41) is 32.0. The van der Waals surface area contributed by atoms with E-state index < -0.39 is 29.8 Å². The molecule has 170 valence electrons. The SMILES string of the molecule is COC(=O)c1cccc(C(O)CNC(C)Cc2ccc3c(c2)OC(C(=O)O)(C(=O)O)O3)c1. The highest BCUT2D eigenvalue weighted by atomic mass is 16.8. The van der Waals surface area contributed by atoms with E-state index in [9.17, 15) is 29.7 Å². The van der Waals surface area contributed by atoms with Gasteiger partial charge in [0.05, 0.1) is 18.8 Å². The van der Waals surface area contributed by atoms with Crippen LogP contribution in [-0.4, -0.2) is 58.7 Å². The third kappa shape index (κ3) is 4.66. The number of carbonyl (C=O) groups is 3. The van der Waals surface area contributed by atoms with E-state index in [0.717, 1.165) is 5.56 Å². The second-order valence-corrected chi connectivity index (χ2v) is 7.36. The number of aliphatic carboxylic acids is 2. The fourth-order valence-electron chi connectivity index (χ4n) is 3.29. The molecule has 0 fully saturated rings. The number of methoxy groups -OCH3 is 1. The van der Waals surface area contributed by atoms with Gasteiger partial charge in [0.25, 0.3) is 0 Å². The molecule has 2 aromatic carbocycles. The number of hydrogen-bond donors (Lipinski definition) is 4. The molecule has 1 heterocycles. The summed E-state index contributed by atoms with van der Waals surface area (Å²) in [6, 6.07) is 11.1. The molecular weight excluding hydrogens is 422 g/mol. The molecule has 3 rings (SSSR count). The highest BCUT2D eigenvalue weighted by molar-refractivity contribution is 6.01. The number of rotatable bonds is 9.